The lowest BCUT2D eigenvalue weighted by molar-refractivity contribution is -0.153. The maximum Gasteiger partial charge on any atom is 0.308 e. The quantitative estimate of drug-likeness (QED) is 0.349. The molecule has 15 heavy (non-hydrogen) atoms. The first kappa shape index (κ1) is 14.4. The standard InChI is InChI=1S/C11H22O4/c1-2-3-4-5-6-10(8-12)7-11(14)15-9-13/h10,12-13H,2-9H2,1H3. The summed E-state index contributed by atoms with van der Waals surface area (Å²) in [4.78, 5) is 11.0. The second-order valence-corrected chi connectivity index (χ2v) is 3.75. The zero-order valence-electron chi connectivity index (χ0n) is 9.45. The van der Waals surface area contributed by atoms with E-state index in [1.807, 2.05) is 0 Å². The number of hydrogen-bond acceptors (Lipinski definition) is 4. The predicted octanol–water partition coefficient (Wildman–Crippen LogP) is 1.45. The van der Waals surface area contributed by atoms with E-state index in [1.54, 1.807) is 0 Å². The average molecular weight is 218 g/mol. The van der Waals surface area contributed by atoms with Crippen LogP contribution in [0.15, 0.2) is 0 Å². The van der Waals surface area contributed by atoms with E-state index < -0.39 is 12.8 Å². The van der Waals surface area contributed by atoms with Crippen LogP contribution in [0.25, 0.3) is 0 Å². The Morgan fingerprint density at radius 1 is 1.27 bits per heavy atom. The van der Waals surface area contributed by atoms with Crippen molar-refractivity contribution >= 4 is 5.97 Å². The van der Waals surface area contributed by atoms with Gasteiger partial charge in [0.05, 0.1) is 6.42 Å². The molecule has 0 saturated heterocycles. The second kappa shape index (κ2) is 9.93. The van der Waals surface area contributed by atoms with Crippen molar-refractivity contribution in [2.45, 2.75) is 45.4 Å². The van der Waals surface area contributed by atoms with Gasteiger partial charge in [-0.05, 0) is 12.3 Å². The first-order valence-corrected chi connectivity index (χ1v) is 5.61. The van der Waals surface area contributed by atoms with Crippen LogP contribution < -0.4 is 0 Å². The smallest absolute Gasteiger partial charge is 0.308 e. The molecule has 0 bridgehead atoms. The van der Waals surface area contributed by atoms with Gasteiger partial charge in [-0.15, -0.1) is 0 Å². The monoisotopic (exact) mass is 218 g/mol. The molecule has 0 radical (unpaired) electrons. The predicted molar refractivity (Wildman–Crippen MR) is 57.1 cm³/mol. The van der Waals surface area contributed by atoms with Gasteiger partial charge in [0.2, 0.25) is 0 Å². The van der Waals surface area contributed by atoms with Gasteiger partial charge in [-0.2, -0.15) is 0 Å². The third-order valence-electron chi connectivity index (χ3n) is 2.41. The van der Waals surface area contributed by atoms with Crippen molar-refractivity contribution in [2.75, 3.05) is 13.4 Å². The van der Waals surface area contributed by atoms with Gasteiger partial charge >= 0.3 is 5.97 Å². The molecule has 4 heteroatoms. The van der Waals surface area contributed by atoms with E-state index in [0.717, 1.165) is 19.3 Å². The maximum atomic E-state index is 11.0. The number of aliphatic hydroxyl groups excluding tert-OH is 2. The van der Waals surface area contributed by atoms with Crippen LogP contribution in [-0.2, 0) is 9.53 Å². The van der Waals surface area contributed by atoms with Crippen molar-refractivity contribution in [1.29, 1.82) is 0 Å². The largest absolute Gasteiger partial charge is 0.439 e. The Kier molecular flexibility index (Phi) is 9.52. The first-order chi connectivity index (χ1) is 7.24. The summed E-state index contributed by atoms with van der Waals surface area (Å²) in [6, 6.07) is 0. The normalized spacial score (nSPS) is 12.5. The van der Waals surface area contributed by atoms with Crippen LogP contribution in [-0.4, -0.2) is 29.6 Å². The highest BCUT2D eigenvalue weighted by Gasteiger charge is 2.13. The molecule has 0 aliphatic heterocycles. The van der Waals surface area contributed by atoms with Gasteiger partial charge in [0.1, 0.15) is 0 Å². The fourth-order valence-corrected chi connectivity index (χ4v) is 1.48. The third-order valence-corrected chi connectivity index (χ3v) is 2.41. The highest BCUT2D eigenvalue weighted by molar-refractivity contribution is 5.69. The van der Waals surface area contributed by atoms with Crippen LogP contribution in [0.5, 0.6) is 0 Å². The molecule has 0 spiro atoms. The van der Waals surface area contributed by atoms with Gasteiger partial charge in [0.15, 0.2) is 6.79 Å². The van der Waals surface area contributed by atoms with Crippen LogP contribution >= 0.6 is 0 Å². The van der Waals surface area contributed by atoms with Crippen molar-refractivity contribution in [3.8, 4) is 0 Å². The number of esters is 1. The van der Waals surface area contributed by atoms with Gasteiger partial charge < -0.3 is 14.9 Å². The van der Waals surface area contributed by atoms with Gasteiger partial charge in [-0.3, -0.25) is 4.79 Å². The molecule has 0 aromatic rings. The Morgan fingerprint density at radius 3 is 2.53 bits per heavy atom. The lowest BCUT2D eigenvalue weighted by atomic mass is 9.98. The SMILES string of the molecule is CCCCCCC(CO)CC(=O)OCO. The molecule has 90 valence electrons. The Morgan fingerprint density at radius 2 is 2.00 bits per heavy atom. The minimum atomic E-state index is -0.577. The van der Waals surface area contributed by atoms with Crippen LogP contribution in [0.2, 0.25) is 0 Å². The molecule has 0 saturated carbocycles. The van der Waals surface area contributed by atoms with Gasteiger partial charge in [0.25, 0.3) is 0 Å². The molecule has 0 rings (SSSR count). The van der Waals surface area contributed by atoms with Crippen LogP contribution in [0.1, 0.15) is 45.4 Å². The number of unbranched alkanes of at least 4 members (excludes halogenated alkanes) is 3. The minimum Gasteiger partial charge on any atom is -0.439 e. The summed E-state index contributed by atoms with van der Waals surface area (Å²) in [5, 5.41) is 17.4. The molecule has 0 heterocycles. The summed E-state index contributed by atoms with van der Waals surface area (Å²) in [6.45, 7) is 1.57. The summed E-state index contributed by atoms with van der Waals surface area (Å²) in [5.74, 6) is -0.465. The van der Waals surface area contributed by atoms with Crippen LogP contribution in [0.3, 0.4) is 0 Å². The van der Waals surface area contributed by atoms with E-state index in [2.05, 4.69) is 11.7 Å². The van der Waals surface area contributed by atoms with E-state index in [9.17, 15) is 4.79 Å². The fourth-order valence-electron chi connectivity index (χ4n) is 1.48. The molecule has 0 aromatic carbocycles. The van der Waals surface area contributed by atoms with Crippen LogP contribution in [0, 0.1) is 5.92 Å². The van der Waals surface area contributed by atoms with E-state index in [0.29, 0.717) is 0 Å². The average Bonchev–Trinajstić information content (AvgIpc) is 2.23. The second-order valence-electron chi connectivity index (χ2n) is 3.75. The van der Waals surface area contributed by atoms with Crippen molar-refractivity contribution in [3.63, 3.8) is 0 Å². The summed E-state index contributed by atoms with van der Waals surface area (Å²) >= 11 is 0. The summed E-state index contributed by atoms with van der Waals surface area (Å²) < 4.78 is 4.41. The number of rotatable bonds is 9. The lowest BCUT2D eigenvalue weighted by Crippen LogP contribution is -2.15. The molecule has 1 atom stereocenters. The highest BCUT2D eigenvalue weighted by Crippen LogP contribution is 2.14. The molecule has 0 aliphatic carbocycles. The van der Waals surface area contributed by atoms with Gasteiger partial charge in [-0.1, -0.05) is 32.6 Å². The maximum absolute atomic E-state index is 11.0. The molecular weight excluding hydrogens is 196 g/mol. The number of carbonyl (C=O) groups excluding carboxylic acids is 1. The fraction of sp³-hybridized carbons (Fsp3) is 0.909. The first-order valence-electron chi connectivity index (χ1n) is 5.61. The lowest BCUT2D eigenvalue weighted by Gasteiger charge is -2.12. The minimum absolute atomic E-state index is 0.00660. The van der Waals surface area contributed by atoms with E-state index >= 15 is 0 Å². The van der Waals surface area contributed by atoms with E-state index in [-0.39, 0.29) is 18.9 Å². The summed E-state index contributed by atoms with van der Waals surface area (Å²) in [6.07, 6.45) is 5.59. The Hall–Kier alpha value is -0.610. The molecule has 0 aromatic heterocycles. The van der Waals surface area contributed by atoms with Crippen molar-refractivity contribution in [3.05, 3.63) is 0 Å². The molecular formula is C11H22O4. The van der Waals surface area contributed by atoms with Crippen molar-refractivity contribution in [2.24, 2.45) is 5.92 Å². The molecule has 1 unspecified atom stereocenters. The van der Waals surface area contributed by atoms with Crippen LogP contribution in [0.4, 0.5) is 0 Å². The van der Waals surface area contributed by atoms with Gasteiger partial charge in [-0.25, -0.2) is 0 Å². The number of carbonyl (C=O) groups is 1. The molecule has 0 amide bonds. The topological polar surface area (TPSA) is 66.8 Å². The highest BCUT2D eigenvalue weighted by atomic mass is 16.6. The Bertz CT molecular complexity index is 159. The van der Waals surface area contributed by atoms with Crippen molar-refractivity contribution in [1.82, 2.24) is 0 Å². The number of aliphatic hydroxyl groups is 2. The van der Waals surface area contributed by atoms with Crippen molar-refractivity contribution < 1.29 is 19.7 Å². The Balaban J connectivity index is 3.58. The third kappa shape index (κ3) is 8.39. The van der Waals surface area contributed by atoms with E-state index in [4.69, 9.17) is 10.2 Å². The number of ether oxygens (including phenoxy) is 1. The van der Waals surface area contributed by atoms with Gasteiger partial charge in [0, 0.05) is 6.61 Å². The molecule has 2 N–H and O–H groups in total. The zero-order valence-corrected chi connectivity index (χ0v) is 9.45. The summed E-state index contributed by atoms with van der Waals surface area (Å²) in [5.41, 5.74) is 0. The molecule has 0 aliphatic rings. The molecule has 4 nitrogen and oxygen atoms in total. The Labute approximate surface area is 91.3 Å². The summed E-state index contributed by atoms with van der Waals surface area (Å²) in [7, 11) is 0. The number of hydrogen-bond donors (Lipinski definition) is 2. The zero-order chi connectivity index (χ0) is 11.5. The molecule has 0 fully saturated rings. The van der Waals surface area contributed by atoms with E-state index in [1.165, 1.54) is 12.8 Å².